The normalized spacial score (nSPS) is 41.7. The van der Waals surface area contributed by atoms with E-state index in [0.29, 0.717) is 0 Å². The van der Waals surface area contributed by atoms with Gasteiger partial charge in [-0.1, -0.05) is 0 Å². The van der Waals surface area contributed by atoms with Crippen LogP contribution in [0.2, 0.25) is 0 Å². The standard InChI is InChI=1S/C63H103N5O47/c1-18(77)65-33-23(81)5-61(58(96)97,112-50(33)37(86)26(84)9-70)103-16-32-41(90)49(36(68-21(4)80)54(107-32)108-47-31(14-75)106-56(45(94)43(47)92)109-48-30(13-74)105-55(44(93)42(48)91)102-15-22(8-69)64-17-76)110-57-46(95)53(39(88)28(11-72)104-57)115-63(60(100)101)7-25(83)35(67-20(3)79)52(114-63)40(89)29(12-73)111-62(59(98)99)6-24(82)34(66-19(2)78)51(113-62)38(87)27(85)10-71/h17,22-57,69-75,81-95H,5-16H2,1-4H3,(H,64,76)(H,65,77)(H,66,78)(H,67,79)(H,68,80)(H,96,97)(H,98,99)(H,100,101)/p-3/t22-,23+,24+,25+,26-,27-,28-,29-,30-,31-,32-,33-,34-,35-,36-,37-,38-,39+,40-,41+,42-,43-,44-,45-,46-,47+,48-,49-,50-,51-,52-,53+,54+,55-,56+,57+,61-,62-,63+/m1/s1. The van der Waals surface area contributed by atoms with Gasteiger partial charge < -0.3 is 235 Å². The molecule has 0 aliphatic carbocycles. The number of aliphatic hydroxyl groups is 22. The van der Waals surface area contributed by atoms with E-state index in [4.69, 9.17) is 66.3 Å². The number of carboxylic acids is 3. The third-order valence-electron chi connectivity index (χ3n) is 20.0. The highest BCUT2D eigenvalue weighted by atomic mass is 16.8. The summed E-state index contributed by atoms with van der Waals surface area (Å²) in [6.07, 6.45) is -77.3. The van der Waals surface area contributed by atoms with Crippen LogP contribution in [0.1, 0.15) is 47.0 Å². The lowest BCUT2D eigenvalue weighted by atomic mass is 9.87. The van der Waals surface area contributed by atoms with Gasteiger partial charge in [0.1, 0.15) is 170 Å². The summed E-state index contributed by atoms with van der Waals surface area (Å²) in [7, 11) is 0. The molecule has 39 atom stereocenters. The van der Waals surface area contributed by atoms with Crippen LogP contribution in [0.3, 0.4) is 0 Å². The van der Waals surface area contributed by atoms with Crippen molar-refractivity contribution in [1.82, 2.24) is 26.6 Å². The minimum Gasteiger partial charge on any atom is -0.544 e. The SMILES string of the molecule is CC(=O)N[C@H]1[C@H](O[C@@H]2[C@H](O)[C@@H](O)[C@H](O[C@H]3[C@H](O)[C@@H](O)[C@H](OC[C@@H](CO)NC=O)O[C@@H]3CO)O[C@@H]2CO)O[C@H](CO[C@]2(C(=O)[O-])C[C@H](O)[C@@H](NC(C)=O)[C@H]([C@H](O)[C@H](O)CO)O2)[C@H](O)[C@@H]1O[C@@H]1O[C@H](CO)[C@H](O)[C@H](O[C@]2(C(=O)[O-])C[C@H](O)[C@@H](NC(C)=O)[C@H]([C@H](O)[C@@H](CO)O[C@]3(C(=O)[O-])C[C@H](O)[C@@H](NC(C)=O)[C@H]([C@H](O)[C@H](O)CO)O3)O2)[C@H]1O. The first-order chi connectivity index (χ1) is 54.0. The highest BCUT2D eigenvalue weighted by Crippen LogP contribution is 2.43. The first-order valence-corrected chi connectivity index (χ1v) is 35.7. The fourth-order valence-corrected chi connectivity index (χ4v) is 14.2. The Morgan fingerprint density at radius 3 is 1.26 bits per heavy atom. The lowest BCUT2D eigenvalue weighted by Crippen LogP contribution is -2.73. The van der Waals surface area contributed by atoms with E-state index >= 15 is 0 Å². The monoisotopic (exact) mass is 1680 g/mol. The zero-order chi connectivity index (χ0) is 86.0. The van der Waals surface area contributed by atoms with E-state index in [1.807, 2.05) is 0 Å². The maximum atomic E-state index is 13.8. The molecular formula is C63H100N5O47-3. The summed E-state index contributed by atoms with van der Waals surface area (Å²) in [6.45, 7) is -7.29. The topological polar surface area (TPSA) is 840 Å². The zero-order valence-electron chi connectivity index (χ0n) is 61.4. The third kappa shape index (κ3) is 21.9. The second kappa shape index (κ2) is 41.5. The average Bonchev–Trinajstić information content (AvgIpc) is 0.552. The van der Waals surface area contributed by atoms with E-state index in [2.05, 4.69) is 26.6 Å². The Bertz CT molecular complexity index is 3200. The average molecular weight is 1680 g/mol. The predicted molar refractivity (Wildman–Crippen MR) is 346 cm³/mol. The number of carbonyl (C=O) groups excluding carboxylic acids is 8. The van der Waals surface area contributed by atoms with Gasteiger partial charge in [0.15, 0.2) is 25.2 Å². The Morgan fingerprint density at radius 1 is 0.435 bits per heavy atom. The van der Waals surface area contributed by atoms with Crippen LogP contribution >= 0.6 is 0 Å². The van der Waals surface area contributed by atoms with Gasteiger partial charge in [0.2, 0.25) is 47.4 Å². The number of amides is 5. The Labute approximate surface area is 649 Å². The number of aliphatic carboxylic acids is 3. The van der Waals surface area contributed by atoms with Gasteiger partial charge in [-0.05, 0) is 0 Å². The van der Waals surface area contributed by atoms with E-state index in [-0.39, 0.29) is 6.41 Å². The second-order valence-corrected chi connectivity index (χ2v) is 28.2. The number of hydrogen-bond donors (Lipinski definition) is 27. The number of carbonyl (C=O) groups is 8. The maximum absolute atomic E-state index is 13.8. The number of rotatable bonds is 38. The quantitative estimate of drug-likeness (QED) is 0.0255. The van der Waals surface area contributed by atoms with Crippen LogP contribution in [0.4, 0.5) is 0 Å². The van der Waals surface area contributed by atoms with Gasteiger partial charge in [-0.25, -0.2) is 0 Å². The minimum atomic E-state index is -3.79. The Balaban J connectivity index is 1.26. The lowest BCUT2D eigenvalue weighted by molar-refractivity contribution is -0.415. The molecule has 52 nitrogen and oxygen atoms in total. The molecule has 7 rings (SSSR count). The molecular weight excluding hydrogens is 1580 g/mol. The van der Waals surface area contributed by atoms with Gasteiger partial charge in [0.25, 0.3) is 0 Å². The molecule has 0 saturated carbocycles. The second-order valence-electron chi connectivity index (χ2n) is 28.2. The molecule has 0 spiro atoms. The first-order valence-electron chi connectivity index (χ1n) is 35.7. The molecule has 0 unspecified atom stereocenters. The van der Waals surface area contributed by atoms with Crippen LogP contribution in [0.25, 0.3) is 0 Å². The van der Waals surface area contributed by atoms with E-state index in [1.54, 1.807) is 0 Å². The van der Waals surface area contributed by atoms with Crippen LogP contribution < -0.4 is 41.9 Å². The summed E-state index contributed by atoms with van der Waals surface area (Å²) < 4.78 is 80.6. The van der Waals surface area contributed by atoms with Crippen molar-refractivity contribution in [2.45, 2.75) is 284 Å². The third-order valence-corrected chi connectivity index (χ3v) is 20.0. The number of ether oxygens (including phenoxy) is 14. The van der Waals surface area contributed by atoms with E-state index in [1.165, 1.54) is 0 Å². The predicted octanol–water partition coefficient (Wildman–Crippen LogP) is -23.0. The van der Waals surface area contributed by atoms with Crippen LogP contribution in [0.5, 0.6) is 0 Å². The summed E-state index contributed by atoms with van der Waals surface area (Å²) in [4.78, 5) is 102. The Kier molecular flexibility index (Phi) is 34.8. The fourth-order valence-electron chi connectivity index (χ4n) is 14.2. The maximum Gasteiger partial charge on any atom is 0.217 e. The molecule has 7 fully saturated rings. The summed E-state index contributed by atoms with van der Waals surface area (Å²) in [5.41, 5.74) is 0. The first kappa shape index (κ1) is 96.5. The highest BCUT2D eigenvalue weighted by Gasteiger charge is 2.63. The molecule has 7 saturated heterocycles. The number of carboxylic acid groups (broad SMARTS) is 3. The molecule has 7 aliphatic heterocycles. The molecule has 52 heteroatoms. The van der Waals surface area contributed by atoms with Crippen LogP contribution in [-0.2, 0) is 105 Å². The fraction of sp³-hybridized carbons (Fsp3) is 0.873. The molecule has 0 aromatic heterocycles. The smallest absolute Gasteiger partial charge is 0.217 e. The van der Waals surface area contributed by atoms with Crippen molar-refractivity contribution in [2.75, 3.05) is 59.5 Å². The summed E-state index contributed by atoms with van der Waals surface area (Å²) in [5, 5.41) is 296. The van der Waals surface area contributed by atoms with Gasteiger partial charge in [-0.3, -0.25) is 24.0 Å². The van der Waals surface area contributed by atoms with Crippen molar-refractivity contribution in [1.29, 1.82) is 0 Å². The molecule has 5 amide bonds. The van der Waals surface area contributed by atoms with Crippen molar-refractivity contribution >= 4 is 47.9 Å². The summed E-state index contributed by atoms with van der Waals surface area (Å²) in [6, 6.07) is -9.18. The van der Waals surface area contributed by atoms with Crippen molar-refractivity contribution in [3.63, 3.8) is 0 Å². The molecule has 0 aromatic rings. The van der Waals surface area contributed by atoms with Crippen LogP contribution in [-0.4, -0.2) is 457 Å². The molecule has 0 bridgehead atoms. The Morgan fingerprint density at radius 2 is 0.817 bits per heavy atom. The van der Waals surface area contributed by atoms with E-state index in [0.717, 1.165) is 27.7 Å². The van der Waals surface area contributed by atoms with Gasteiger partial charge in [0.05, 0.1) is 102 Å². The van der Waals surface area contributed by atoms with Gasteiger partial charge in [-0.2, -0.15) is 0 Å². The molecule has 662 valence electrons. The van der Waals surface area contributed by atoms with Crippen LogP contribution in [0.15, 0.2) is 0 Å². The molecule has 7 aliphatic rings. The highest BCUT2D eigenvalue weighted by molar-refractivity contribution is 5.77. The zero-order valence-corrected chi connectivity index (χ0v) is 61.4. The van der Waals surface area contributed by atoms with E-state index in [9.17, 15) is 166 Å². The van der Waals surface area contributed by atoms with Crippen LogP contribution in [0, 0.1) is 0 Å². The van der Waals surface area contributed by atoms with Crippen molar-refractivity contribution < 1.29 is 232 Å². The van der Waals surface area contributed by atoms with Crippen molar-refractivity contribution in [3.05, 3.63) is 0 Å². The van der Waals surface area contributed by atoms with Gasteiger partial charge in [-0.15, -0.1) is 0 Å². The molecule has 0 aromatic carbocycles. The van der Waals surface area contributed by atoms with Crippen molar-refractivity contribution in [3.8, 4) is 0 Å². The summed E-state index contributed by atoms with van der Waals surface area (Å²) >= 11 is 0. The minimum absolute atomic E-state index is 0.213. The molecule has 27 N–H and O–H groups in total. The van der Waals surface area contributed by atoms with E-state index < -0.39 is 358 Å². The van der Waals surface area contributed by atoms with Crippen molar-refractivity contribution in [2.24, 2.45) is 0 Å². The summed E-state index contributed by atoms with van der Waals surface area (Å²) in [5.74, 6) is -22.5. The largest absolute Gasteiger partial charge is 0.544 e. The number of hydrogen-bond acceptors (Lipinski definition) is 47. The van der Waals surface area contributed by atoms with Gasteiger partial charge >= 0.3 is 0 Å². The molecule has 7 heterocycles. The van der Waals surface area contributed by atoms with Gasteiger partial charge in [0, 0.05) is 47.0 Å². The molecule has 115 heavy (non-hydrogen) atoms. The number of aliphatic hydroxyl groups excluding tert-OH is 22. The Hall–Kier alpha value is -5.68. The number of nitrogens with one attached hydrogen (secondary N) is 5. The molecule has 0 radical (unpaired) electrons. The lowest BCUT2D eigenvalue weighted by Gasteiger charge is -2.53.